The van der Waals surface area contributed by atoms with Gasteiger partial charge < -0.3 is 4.98 Å². The largest absolute Gasteiger partial charge is 0.321 e. The minimum absolute atomic E-state index is 0.109. The third kappa shape index (κ3) is 2.11. The van der Waals surface area contributed by atoms with Crippen molar-refractivity contribution in [1.82, 2.24) is 15.2 Å². The maximum Gasteiger partial charge on any atom is 0.258 e. The molecule has 0 bridgehead atoms. The first-order chi connectivity index (χ1) is 11.3. The van der Waals surface area contributed by atoms with Crippen molar-refractivity contribution in [3.63, 3.8) is 0 Å². The van der Waals surface area contributed by atoms with Crippen molar-refractivity contribution < 1.29 is 0 Å². The van der Waals surface area contributed by atoms with Gasteiger partial charge in [0, 0.05) is 10.9 Å². The van der Waals surface area contributed by atoms with Crippen LogP contribution in [-0.2, 0) is 6.42 Å². The van der Waals surface area contributed by atoms with E-state index in [1.54, 1.807) is 0 Å². The van der Waals surface area contributed by atoms with Crippen LogP contribution in [0.2, 0.25) is 0 Å². The molecule has 0 saturated carbocycles. The molecule has 0 aliphatic heterocycles. The molecule has 0 unspecified atom stereocenters. The highest BCUT2D eigenvalue weighted by Crippen LogP contribution is 2.28. The summed E-state index contributed by atoms with van der Waals surface area (Å²) in [5, 5.41) is 10.4. The molecule has 0 radical (unpaired) electrons. The van der Waals surface area contributed by atoms with Crippen LogP contribution in [0.25, 0.3) is 33.1 Å². The number of H-pyrrole nitrogens is 1. The predicted octanol–water partition coefficient (Wildman–Crippen LogP) is 3.70. The molecule has 4 nitrogen and oxygen atoms in total. The number of nitrogens with zero attached hydrogens (tertiary/aromatic N) is 2. The summed E-state index contributed by atoms with van der Waals surface area (Å²) in [7, 11) is 0. The monoisotopic (exact) mass is 301 g/mol. The Hall–Kier alpha value is -3.01. The maximum atomic E-state index is 12.6. The van der Waals surface area contributed by atoms with Gasteiger partial charge in [0.15, 0.2) is 0 Å². The van der Waals surface area contributed by atoms with E-state index in [9.17, 15) is 4.79 Å². The van der Waals surface area contributed by atoms with Gasteiger partial charge in [0.05, 0.1) is 16.6 Å². The fourth-order valence-corrected chi connectivity index (χ4v) is 3.06. The van der Waals surface area contributed by atoms with Crippen molar-refractivity contribution in [2.75, 3.05) is 0 Å². The van der Waals surface area contributed by atoms with Gasteiger partial charge in [0.2, 0.25) is 0 Å². The first-order valence-corrected chi connectivity index (χ1v) is 7.65. The number of aromatic amines is 1. The second kappa shape index (κ2) is 5.32. The van der Waals surface area contributed by atoms with E-state index in [4.69, 9.17) is 0 Å². The fraction of sp³-hybridized carbons (Fsp3) is 0.105. The summed E-state index contributed by atoms with van der Waals surface area (Å²) in [4.78, 5) is 15.6. The first-order valence-electron chi connectivity index (χ1n) is 7.65. The molecule has 23 heavy (non-hydrogen) atoms. The summed E-state index contributed by atoms with van der Waals surface area (Å²) in [5.74, 6) is 0. The van der Waals surface area contributed by atoms with Crippen LogP contribution < -0.4 is 5.56 Å². The van der Waals surface area contributed by atoms with Gasteiger partial charge in [-0.3, -0.25) is 4.79 Å². The Morgan fingerprint density at radius 3 is 2.48 bits per heavy atom. The van der Waals surface area contributed by atoms with Gasteiger partial charge in [-0.15, -0.1) is 10.2 Å². The molecule has 0 aliphatic carbocycles. The Balaban J connectivity index is 2.16. The number of para-hydroxylation sites is 1. The molecule has 0 saturated heterocycles. The van der Waals surface area contributed by atoms with Crippen molar-refractivity contribution in [2.24, 2.45) is 0 Å². The van der Waals surface area contributed by atoms with E-state index in [0.29, 0.717) is 10.9 Å². The highest BCUT2D eigenvalue weighted by atomic mass is 16.1. The lowest BCUT2D eigenvalue weighted by Crippen LogP contribution is -2.12. The Kier molecular flexibility index (Phi) is 3.15. The van der Waals surface area contributed by atoms with Crippen LogP contribution in [0.15, 0.2) is 59.4 Å². The minimum atomic E-state index is -0.109. The lowest BCUT2D eigenvalue weighted by Gasteiger charge is -2.10. The number of hydrogen-bond acceptors (Lipinski definition) is 3. The highest BCUT2D eigenvalue weighted by molar-refractivity contribution is 6.04. The molecular weight excluding hydrogens is 286 g/mol. The van der Waals surface area contributed by atoms with Crippen molar-refractivity contribution in [3.8, 4) is 11.3 Å². The summed E-state index contributed by atoms with van der Waals surface area (Å²) >= 11 is 0. The van der Waals surface area contributed by atoms with E-state index >= 15 is 0 Å². The SMILES string of the molecule is CCc1c(-c2ccccc2)nnc2c1c(=O)[nH]c1ccccc12. The van der Waals surface area contributed by atoms with E-state index in [0.717, 1.165) is 34.1 Å². The van der Waals surface area contributed by atoms with Gasteiger partial charge in [-0.1, -0.05) is 55.5 Å². The van der Waals surface area contributed by atoms with Gasteiger partial charge in [-0.05, 0) is 18.1 Å². The number of benzene rings is 2. The summed E-state index contributed by atoms with van der Waals surface area (Å²) in [6.45, 7) is 2.04. The first kappa shape index (κ1) is 13.6. The summed E-state index contributed by atoms with van der Waals surface area (Å²) in [5.41, 5.74) is 4.04. The van der Waals surface area contributed by atoms with Gasteiger partial charge >= 0.3 is 0 Å². The highest BCUT2D eigenvalue weighted by Gasteiger charge is 2.16. The number of aryl methyl sites for hydroxylation is 1. The van der Waals surface area contributed by atoms with Crippen LogP contribution in [0.5, 0.6) is 0 Å². The van der Waals surface area contributed by atoms with Crippen LogP contribution in [0, 0.1) is 0 Å². The molecule has 4 heteroatoms. The summed E-state index contributed by atoms with van der Waals surface area (Å²) < 4.78 is 0. The van der Waals surface area contributed by atoms with Gasteiger partial charge in [0.25, 0.3) is 5.56 Å². The summed E-state index contributed by atoms with van der Waals surface area (Å²) in [6.07, 6.45) is 0.720. The Labute approximate surface area is 132 Å². The van der Waals surface area contributed by atoms with E-state index in [1.165, 1.54) is 0 Å². The predicted molar refractivity (Wildman–Crippen MR) is 92.5 cm³/mol. The topological polar surface area (TPSA) is 58.6 Å². The lowest BCUT2D eigenvalue weighted by molar-refractivity contribution is 1.03. The third-order valence-corrected chi connectivity index (χ3v) is 4.13. The molecule has 0 aliphatic rings. The Morgan fingerprint density at radius 1 is 0.957 bits per heavy atom. The van der Waals surface area contributed by atoms with Crippen molar-refractivity contribution in [3.05, 3.63) is 70.5 Å². The molecule has 2 heterocycles. The zero-order valence-electron chi connectivity index (χ0n) is 12.7. The normalized spacial score (nSPS) is 11.2. The number of fused-ring (bicyclic) bond motifs is 3. The number of rotatable bonds is 2. The standard InChI is InChI=1S/C19H15N3O/c1-2-13-16-18(14-10-6-7-11-15(14)20-19(16)23)22-21-17(13)12-8-4-3-5-9-12/h3-11H,2H2,1H3,(H,20,23). The number of nitrogens with one attached hydrogen (secondary N) is 1. The van der Waals surface area contributed by atoms with Crippen molar-refractivity contribution in [2.45, 2.75) is 13.3 Å². The Bertz CT molecular complexity index is 1070. The molecule has 0 atom stereocenters. The zero-order chi connectivity index (χ0) is 15.8. The molecule has 0 spiro atoms. The Morgan fingerprint density at radius 2 is 1.70 bits per heavy atom. The van der Waals surface area contributed by atoms with E-state index in [2.05, 4.69) is 15.2 Å². The molecule has 112 valence electrons. The molecule has 4 aromatic rings. The van der Waals surface area contributed by atoms with Crippen molar-refractivity contribution >= 4 is 21.8 Å². The maximum absolute atomic E-state index is 12.6. The van der Waals surface area contributed by atoms with Gasteiger partial charge in [-0.25, -0.2) is 0 Å². The molecule has 0 amide bonds. The number of pyridine rings is 1. The fourth-order valence-electron chi connectivity index (χ4n) is 3.06. The smallest absolute Gasteiger partial charge is 0.258 e. The molecule has 4 rings (SSSR count). The van der Waals surface area contributed by atoms with Crippen LogP contribution in [-0.4, -0.2) is 15.2 Å². The van der Waals surface area contributed by atoms with Gasteiger partial charge in [-0.2, -0.15) is 0 Å². The molecule has 1 N–H and O–H groups in total. The quantitative estimate of drug-likeness (QED) is 0.574. The average molecular weight is 301 g/mol. The van der Waals surface area contributed by atoms with E-state index in [1.807, 2.05) is 61.5 Å². The second-order valence-electron chi connectivity index (χ2n) is 5.47. The molecule has 0 fully saturated rings. The number of hydrogen-bond donors (Lipinski definition) is 1. The summed E-state index contributed by atoms with van der Waals surface area (Å²) in [6, 6.07) is 17.6. The van der Waals surface area contributed by atoms with Crippen LogP contribution in [0.1, 0.15) is 12.5 Å². The van der Waals surface area contributed by atoms with Crippen LogP contribution in [0.3, 0.4) is 0 Å². The van der Waals surface area contributed by atoms with Crippen molar-refractivity contribution in [1.29, 1.82) is 0 Å². The number of aromatic nitrogens is 3. The van der Waals surface area contributed by atoms with Crippen LogP contribution >= 0.6 is 0 Å². The molecular formula is C19H15N3O. The minimum Gasteiger partial charge on any atom is -0.321 e. The molecule has 2 aromatic heterocycles. The van der Waals surface area contributed by atoms with E-state index in [-0.39, 0.29) is 5.56 Å². The second-order valence-corrected chi connectivity index (χ2v) is 5.47. The van der Waals surface area contributed by atoms with E-state index < -0.39 is 0 Å². The third-order valence-electron chi connectivity index (χ3n) is 4.13. The van der Waals surface area contributed by atoms with Gasteiger partial charge in [0.1, 0.15) is 5.52 Å². The lowest BCUT2D eigenvalue weighted by atomic mass is 10.00. The van der Waals surface area contributed by atoms with Crippen LogP contribution in [0.4, 0.5) is 0 Å². The average Bonchev–Trinajstić information content (AvgIpc) is 2.61. The molecule has 2 aromatic carbocycles. The zero-order valence-corrected chi connectivity index (χ0v) is 12.7.